The fourth-order valence-electron chi connectivity index (χ4n) is 2.65. The highest BCUT2D eigenvalue weighted by Gasteiger charge is 2.18. The predicted molar refractivity (Wildman–Crippen MR) is 87.3 cm³/mol. The van der Waals surface area contributed by atoms with Gasteiger partial charge in [0, 0.05) is 37.3 Å². The quantitative estimate of drug-likeness (QED) is 0.924. The molecule has 1 saturated heterocycles. The molecule has 7 heteroatoms. The molecular formula is C17H21N5O2. The Bertz CT molecular complexity index is 711. The number of carbonyl (C=O) groups excluding carboxylic acids is 1. The fraction of sp³-hybridized carbons (Fsp3) is 0.471. The van der Waals surface area contributed by atoms with Crippen LogP contribution in [0, 0.1) is 13.8 Å². The summed E-state index contributed by atoms with van der Waals surface area (Å²) in [5.74, 6) is 1.16. The van der Waals surface area contributed by atoms with Crippen molar-refractivity contribution in [3.05, 3.63) is 47.1 Å². The second kappa shape index (κ2) is 7.44. The summed E-state index contributed by atoms with van der Waals surface area (Å²) in [4.78, 5) is 29.2. The average molecular weight is 327 g/mol. The van der Waals surface area contributed by atoms with Crippen LogP contribution in [0.1, 0.15) is 58.6 Å². The highest BCUT2D eigenvalue weighted by Crippen LogP contribution is 2.24. The smallest absolute Gasteiger partial charge is 0.254 e. The molecule has 1 N–H and O–H groups in total. The molecular weight excluding hydrogens is 306 g/mol. The van der Waals surface area contributed by atoms with Gasteiger partial charge in [0.15, 0.2) is 5.82 Å². The Morgan fingerprint density at radius 1 is 1.21 bits per heavy atom. The first kappa shape index (κ1) is 16.4. The number of hydrogen-bond donors (Lipinski definition) is 1. The second-order valence-electron chi connectivity index (χ2n) is 5.90. The molecule has 1 aliphatic rings. The molecule has 1 atom stereocenters. The molecule has 0 unspecified atom stereocenters. The van der Waals surface area contributed by atoms with Crippen molar-refractivity contribution in [3.63, 3.8) is 0 Å². The molecule has 24 heavy (non-hydrogen) atoms. The number of carbonyl (C=O) groups is 1. The van der Waals surface area contributed by atoms with Gasteiger partial charge in [0.2, 0.25) is 0 Å². The maximum atomic E-state index is 12.2. The summed E-state index contributed by atoms with van der Waals surface area (Å²) < 4.78 is 5.67. The molecule has 1 aliphatic heterocycles. The van der Waals surface area contributed by atoms with Gasteiger partial charge in [-0.15, -0.1) is 0 Å². The van der Waals surface area contributed by atoms with Crippen LogP contribution >= 0.6 is 0 Å². The summed E-state index contributed by atoms with van der Waals surface area (Å²) in [6, 6.07) is 0. The van der Waals surface area contributed by atoms with E-state index >= 15 is 0 Å². The molecule has 1 fully saturated rings. The van der Waals surface area contributed by atoms with E-state index in [2.05, 4.69) is 25.3 Å². The molecule has 2 aromatic heterocycles. The van der Waals surface area contributed by atoms with Gasteiger partial charge in [-0.05, 0) is 33.1 Å². The van der Waals surface area contributed by atoms with E-state index in [4.69, 9.17) is 4.74 Å². The van der Waals surface area contributed by atoms with E-state index in [-0.39, 0.29) is 12.0 Å². The molecule has 0 saturated carbocycles. The summed E-state index contributed by atoms with van der Waals surface area (Å²) >= 11 is 0. The van der Waals surface area contributed by atoms with Gasteiger partial charge in [-0.25, -0.2) is 19.9 Å². The van der Waals surface area contributed by atoms with Crippen molar-refractivity contribution in [1.82, 2.24) is 25.3 Å². The van der Waals surface area contributed by atoms with Gasteiger partial charge in [-0.1, -0.05) is 0 Å². The largest absolute Gasteiger partial charge is 0.370 e. The number of aryl methyl sites for hydroxylation is 2. The Morgan fingerprint density at radius 2 is 2.00 bits per heavy atom. The SMILES string of the molecule is Cc1ncc(C(=O)NCc2cnc([C@H]3CCCCO3)nc2)c(C)n1. The third kappa shape index (κ3) is 3.91. The molecule has 0 spiro atoms. The van der Waals surface area contributed by atoms with Crippen LogP contribution in [0.4, 0.5) is 0 Å². The molecule has 0 aromatic carbocycles. The molecule has 3 rings (SSSR count). The lowest BCUT2D eigenvalue weighted by Crippen LogP contribution is -2.24. The fourth-order valence-corrected chi connectivity index (χ4v) is 2.65. The van der Waals surface area contributed by atoms with Crippen molar-refractivity contribution in [2.24, 2.45) is 0 Å². The highest BCUT2D eigenvalue weighted by atomic mass is 16.5. The van der Waals surface area contributed by atoms with Crippen LogP contribution in [0.5, 0.6) is 0 Å². The van der Waals surface area contributed by atoms with Gasteiger partial charge in [-0.2, -0.15) is 0 Å². The Morgan fingerprint density at radius 3 is 2.67 bits per heavy atom. The minimum absolute atomic E-state index is 0.00486. The third-order valence-corrected chi connectivity index (χ3v) is 3.99. The maximum absolute atomic E-state index is 12.2. The zero-order chi connectivity index (χ0) is 16.9. The minimum Gasteiger partial charge on any atom is -0.370 e. The van der Waals surface area contributed by atoms with Gasteiger partial charge >= 0.3 is 0 Å². The lowest BCUT2D eigenvalue weighted by atomic mass is 10.1. The zero-order valence-electron chi connectivity index (χ0n) is 14.0. The molecule has 7 nitrogen and oxygen atoms in total. The van der Waals surface area contributed by atoms with Crippen LogP contribution < -0.4 is 5.32 Å². The Labute approximate surface area is 140 Å². The summed E-state index contributed by atoms with van der Waals surface area (Å²) in [5.41, 5.74) is 1.99. The monoisotopic (exact) mass is 327 g/mol. The lowest BCUT2D eigenvalue weighted by molar-refractivity contribution is 0.00940. The maximum Gasteiger partial charge on any atom is 0.254 e. The van der Waals surface area contributed by atoms with E-state index in [1.54, 1.807) is 32.4 Å². The van der Waals surface area contributed by atoms with Gasteiger partial charge in [-0.3, -0.25) is 4.79 Å². The average Bonchev–Trinajstić information content (AvgIpc) is 2.61. The van der Waals surface area contributed by atoms with Crippen molar-refractivity contribution >= 4 is 5.91 Å². The van der Waals surface area contributed by atoms with E-state index < -0.39 is 0 Å². The number of aromatic nitrogens is 4. The number of nitrogens with one attached hydrogen (secondary N) is 1. The van der Waals surface area contributed by atoms with Crippen molar-refractivity contribution in [2.75, 3.05) is 6.61 Å². The van der Waals surface area contributed by atoms with Gasteiger partial charge in [0.05, 0.1) is 11.3 Å². The molecule has 126 valence electrons. The van der Waals surface area contributed by atoms with Crippen LogP contribution in [-0.4, -0.2) is 32.4 Å². The Kier molecular flexibility index (Phi) is 5.10. The van der Waals surface area contributed by atoms with Gasteiger partial charge in [0.1, 0.15) is 11.9 Å². The molecule has 3 heterocycles. The standard InChI is InChI=1S/C17H21N5O2/c1-11-14(10-18-12(2)22-11)17(23)21-9-13-7-19-16(20-8-13)15-5-3-4-6-24-15/h7-8,10,15H,3-6,9H2,1-2H3,(H,21,23)/t15-/m1/s1. The van der Waals surface area contributed by atoms with Crippen molar-refractivity contribution in [3.8, 4) is 0 Å². The zero-order valence-corrected chi connectivity index (χ0v) is 14.0. The molecule has 0 radical (unpaired) electrons. The topological polar surface area (TPSA) is 89.9 Å². The molecule has 2 aromatic rings. The van der Waals surface area contributed by atoms with Gasteiger partial charge in [0.25, 0.3) is 5.91 Å². The molecule has 0 aliphatic carbocycles. The highest BCUT2D eigenvalue weighted by molar-refractivity contribution is 5.94. The number of hydrogen-bond acceptors (Lipinski definition) is 6. The number of nitrogens with zero attached hydrogens (tertiary/aromatic N) is 4. The molecule has 1 amide bonds. The van der Waals surface area contributed by atoms with Crippen molar-refractivity contribution in [1.29, 1.82) is 0 Å². The number of amides is 1. The number of ether oxygens (including phenoxy) is 1. The van der Waals surface area contributed by atoms with Crippen LogP contribution in [0.25, 0.3) is 0 Å². The third-order valence-electron chi connectivity index (χ3n) is 3.99. The Hall–Kier alpha value is -2.41. The predicted octanol–water partition coefficient (Wildman–Crippen LogP) is 2.06. The second-order valence-corrected chi connectivity index (χ2v) is 5.90. The first-order chi connectivity index (χ1) is 11.6. The summed E-state index contributed by atoms with van der Waals surface area (Å²) in [6.45, 7) is 4.72. The first-order valence-electron chi connectivity index (χ1n) is 8.14. The van der Waals surface area contributed by atoms with Crippen LogP contribution in [-0.2, 0) is 11.3 Å². The van der Waals surface area contributed by atoms with Crippen molar-refractivity contribution < 1.29 is 9.53 Å². The van der Waals surface area contributed by atoms with E-state index in [0.717, 1.165) is 31.4 Å². The molecule has 0 bridgehead atoms. The van der Waals surface area contributed by atoms with Crippen molar-refractivity contribution in [2.45, 2.75) is 45.8 Å². The van der Waals surface area contributed by atoms with Gasteiger partial charge < -0.3 is 10.1 Å². The summed E-state index contributed by atoms with van der Waals surface area (Å²) in [5, 5.41) is 2.84. The van der Waals surface area contributed by atoms with Crippen LogP contribution in [0.2, 0.25) is 0 Å². The van der Waals surface area contributed by atoms with Crippen LogP contribution in [0.15, 0.2) is 18.6 Å². The first-order valence-corrected chi connectivity index (χ1v) is 8.14. The van der Waals surface area contributed by atoms with E-state index in [0.29, 0.717) is 29.5 Å². The summed E-state index contributed by atoms with van der Waals surface area (Å²) in [7, 11) is 0. The van der Waals surface area contributed by atoms with E-state index in [1.807, 2.05) is 0 Å². The Balaban J connectivity index is 1.59. The van der Waals surface area contributed by atoms with E-state index in [1.165, 1.54) is 0 Å². The van der Waals surface area contributed by atoms with Crippen LogP contribution in [0.3, 0.4) is 0 Å². The van der Waals surface area contributed by atoms with E-state index in [9.17, 15) is 4.79 Å². The minimum atomic E-state index is -0.202. The lowest BCUT2D eigenvalue weighted by Gasteiger charge is -2.21. The summed E-state index contributed by atoms with van der Waals surface area (Å²) in [6.07, 6.45) is 8.22. The number of rotatable bonds is 4. The normalized spacial score (nSPS) is 17.5.